The largest absolute Gasteiger partial charge is 0.420 e. The Bertz CT molecular complexity index is 1530. The summed E-state index contributed by atoms with van der Waals surface area (Å²) in [5.41, 5.74) is -0.323. The van der Waals surface area contributed by atoms with Crippen molar-refractivity contribution in [1.29, 1.82) is 0 Å². The van der Waals surface area contributed by atoms with Crippen LogP contribution in [0.15, 0.2) is 70.1 Å². The Labute approximate surface area is 193 Å². The van der Waals surface area contributed by atoms with E-state index in [1.54, 1.807) is 47.4 Å². The lowest BCUT2D eigenvalue weighted by Gasteiger charge is -2.20. The predicted octanol–water partition coefficient (Wildman–Crippen LogP) is 4.15. The maximum absolute atomic E-state index is 13.5. The van der Waals surface area contributed by atoms with E-state index in [4.69, 9.17) is 4.42 Å². The fourth-order valence-corrected chi connectivity index (χ4v) is 4.66. The average molecular weight is 487 g/mol. The Morgan fingerprint density at radius 3 is 2.71 bits per heavy atom. The van der Waals surface area contributed by atoms with Crippen LogP contribution in [0.2, 0.25) is 0 Å². The zero-order valence-electron chi connectivity index (χ0n) is 17.4. The first-order valence-corrected chi connectivity index (χ1v) is 11.0. The highest BCUT2D eigenvalue weighted by molar-refractivity contribution is 7.22. The van der Waals surface area contributed by atoms with Gasteiger partial charge in [-0.15, -0.1) is 0 Å². The second-order valence-corrected chi connectivity index (χ2v) is 8.39. The highest BCUT2D eigenvalue weighted by atomic mass is 32.1. The number of fused-ring (bicyclic) bond motifs is 2. The molecule has 0 aliphatic rings. The van der Waals surface area contributed by atoms with Crippen LogP contribution < -0.4 is 10.7 Å². The number of aromatic nitrogens is 4. The van der Waals surface area contributed by atoms with Crippen molar-refractivity contribution in [2.24, 2.45) is 0 Å². The van der Waals surface area contributed by atoms with E-state index in [2.05, 4.69) is 10.1 Å². The maximum Gasteiger partial charge on any atom is 0.420 e. The Hall–Kier alpha value is -3.93. The van der Waals surface area contributed by atoms with E-state index in [9.17, 15) is 22.8 Å². The van der Waals surface area contributed by atoms with Gasteiger partial charge in [0.25, 0.3) is 0 Å². The molecule has 3 heterocycles. The van der Waals surface area contributed by atoms with Crippen molar-refractivity contribution in [1.82, 2.24) is 19.3 Å². The van der Waals surface area contributed by atoms with Crippen LogP contribution in [0.1, 0.15) is 5.56 Å². The lowest BCUT2D eigenvalue weighted by atomic mass is 10.2. The van der Waals surface area contributed by atoms with Gasteiger partial charge in [-0.1, -0.05) is 29.5 Å². The highest BCUT2D eigenvalue weighted by Gasteiger charge is 2.34. The second-order valence-electron chi connectivity index (χ2n) is 7.38. The van der Waals surface area contributed by atoms with E-state index < -0.39 is 23.4 Å². The molecule has 0 atom stereocenters. The van der Waals surface area contributed by atoms with Crippen LogP contribution >= 0.6 is 11.3 Å². The van der Waals surface area contributed by atoms with Crippen molar-refractivity contribution >= 4 is 43.7 Å². The molecular weight excluding hydrogens is 471 g/mol. The van der Waals surface area contributed by atoms with Crippen LogP contribution in [-0.4, -0.2) is 31.8 Å². The van der Waals surface area contributed by atoms with Crippen molar-refractivity contribution < 1.29 is 22.4 Å². The van der Waals surface area contributed by atoms with Crippen LogP contribution in [0.4, 0.5) is 18.3 Å². The molecule has 3 aromatic heterocycles. The van der Waals surface area contributed by atoms with Crippen molar-refractivity contribution in [3.8, 4) is 0 Å². The van der Waals surface area contributed by atoms with E-state index in [-0.39, 0.29) is 30.3 Å². The number of anilines is 1. The van der Waals surface area contributed by atoms with Crippen molar-refractivity contribution in [2.45, 2.75) is 19.3 Å². The zero-order chi connectivity index (χ0) is 23.9. The summed E-state index contributed by atoms with van der Waals surface area (Å²) in [6.07, 6.45) is -1.30. The third-order valence-corrected chi connectivity index (χ3v) is 6.27. The summed E-state index contributed by atoms with van der Waals surface area (Å²) in [5.74, 6) is -1.22. The van der Waals surface area contributed by atoms with E-state index in [0.29, 0.717) is 15.8 Å². The lowest BCUT2D eigenvalue weighted by Crippen LogP contribution is -2.38. The van der Waals surface area contributed by atoms with E-state index in [1.807, 2.05) is 0 Å². The molecule has 34 heavy (non-hydrogen) atoms. The van der Waals surface area contributed by atoms with E-state index in [1.165, 1.54) is 21.6 Å². The summed E-state index contributed by atoms with van der Waals surface area (Å²) in [6, 6.07) is 12.2. The van der Waals surface area contributed by atoms with Crippen molar-refractivity contribution in [3.05, 3.63) is 77.0 Å². The molecule has 0 unspecified atom stereocenters. The average Bonchev–Trinajstić information content (AvgIpc) is 3.52. The van der Waals surface area contributed by atoms with Gasteiger partial charge in [0, 0.05) is 18.9 Å². The van der Waals surface area contributed by atoms with E-state index >= 15 is 0 Å². The third kappa shape index (κ3) is 4.07. The van der Waals surface area contributed by atoms with Gasteiger partial charge in [-0.3, -0.25) is 18.9 Å². The molecule has 8 nitrogen and oxygen atoms in total. The highest BCUT2D eigenvalue weighted by Crippen LogP contribution is 2.38. The molecule has 0 radical (unpaired) electrons. The van der Waals surface area contributed by atoms with Crippen LogP contribution in [-0.2, 0) is 24.1 Å². The number of benzene rings is 2. The number of halogens is 3. The number of thiazole rings is 1. The van der Waals surface area contributed by atoms with Gasteiger partial charge in [0.05, 0.1) is 27.8 Å². The van der Waals surface area contributed by atoms with Gasteiger partial charge < -0.3 is 4.42 Å². The molecule has 0 bridgehead atoms. The number of carbonyl (C=O) groups is 1. The fourth-order valence-electron chi connectivity index (χ4n) is 3.63. The van der Waals surface area contributed by atoms with Gasteiger partial charge in [-0.05, 0) is 30.3 Å². The number of hydrogen-bond acceptors (Lipinski definition) is 6. The Morgan fingerprint density at radius 1 is 1.12 bits per heavy atom. The van der Waals surface area contributed by atoms with Gasteiger partial charge in [0.1, 0.15) is 6.54 Å². The number of amides is 1. The number of nitrogens with zero attached hydrogens (tertiary/aromatic N) is 5. The number of para-hydroxylation sites is 3. The first kappa shape index (κ1) is 21.9. The lowest BCUT2D eigenvalue weighted by molar-refractivity contribution is -0.136. The number of carbonyl (C=O) groups excluding carboxylic acids is 1. The molecule has 0 aliphatic carbocycles. The van der Waals surface area contributed by atoms with Crippen LogP contribution in [0.3, 0.4) is 0 Å². The number of oxazole rings is 1. The minimum atomic E-state index is -4.59. The summed E-state index contributed by atoms with van der Waals surface area (Å²) in [4.78, 5) is 31.2. The summed E-state index contributed by atoms with van der Waals surface area (Å²) >= 11 is 0.975. The van der Waals surface area contributed by atoms with Crippen LogP contribution in [0.5, 0.6) is 0 Å². The molecule has 12 heteroatoms. The Balaban J connectivity index is 1.53. The third-order valence-electron chi connectivity index (χ3n) is 5.22. The molecule has 2 aromatic carbocycles. The van der Waals surface area contributed by atoms with Crippen LogP contribution in [0, 0.1) is 0 Å². The number of rotatable bonds is 6. The smallest absolute Gasteiger partial charge is 0.408 e. The quantitative estimate of drug-likeness (QED) is 0.359. The van der Waals surface area contributed by atoms with Crippen LogP contribution in [0.25, 0.3) is 21.3 Å². The monoisotopic (exact) mass is 487 g/mol. The second kappa shape index (κ2) is 8.45. The fraction of sp³-hybridized carbons (Fsp3) is 0.182. The van der Waals surface area contributed by atoms with Crippen molar-refractivity contribution in [2.75, 3.05) is 11.4 Å². The van der Waals surface area contributed by atoms with E-state index in [0.717, 1.165) is 17.4 Å². The molecule has 5 aromatic rings. The molecule has 0 saturated heterocycles. The Morgan fingerprint density at radius 2 is 1.94 bits per heavy atom. The normalized spacial score (nSPS) is 12.0. The summed E-state index contributed by atoms with van der Waals surface area (Å²) in [7, 11) is 0. The Kier molecular flexibility index (Phi) is 5.44. The van der Waals surface area contributed by atoms with Gasteiger partial charge in [-0.25, -0.2) is 9.78 Å². The van der Waals surface area contributed by atoms with Gasteiger partial charge in [0.15, 0.2) is 10.7 Å². The maximum atomic E-state index is 13.5. The molecule has 0 saturated carbocycles. The number of hydrogen-bond donors (Lipinski definition) is 0. The minimum absolute atomic E-state index is 0.0895. The number of alkyl halides is 3. The first-order chi connectivity index (χ1) is 16.3. The molecule has 0 aliphatic heterocycles. The van der Waals surface area contributed by atoms with Gasteiger partial charge >= 0.3 is 11.9 Å². The SMILES string of the molecule is O=C(Cn1c(=O)oc2ccccc21)N(CCn1cccn1)c1nc2c(C(F)(F)F)cccc2s1. The molecule has 0 spiro atoms. The predicted molar refractivity (Wildman–Crippen MR) is 120 cm³/mol. The van der Waals surface area contributed by atoms with Gasteiger partial charge in [0.2, 0.25) is 5.91 Å². The van der Waals surface area contributed by atoms with Crippen molar-refractivity contribution in [3.63, 3.8) is 0 Å². The molecule has 174 valence electrons. The van der Waals surface area contributed by atoms with Gasteiger partial charge in [-0.2, -0.15) is 18.3 Å². The molecule has 5 rings (SSSR count). The topological polar surface area (TPSA) is 86.2 Å². The standard InChI is InChI=1S/C22H16F3N5O3S/c23-22(24,25)14-5-3-8-17-19(14)27-20(34-17)29(12-11-28-10-4-9-26-28)18(31)13-30-15-6-1-2-7-16(15)33-21(30)32/h1-10H,11-13H2. The summed E-state index contributed by atoms with van der Waals surface area (Å²) in [5, 5.41) is 4.21. The molecule has 0 fully saturated rings. The molecule has 0 N–H and O–H groups in total. The zero-order valence-corrected chi connectivity index (χ0v) is 18.2. The summed E-state index contributed by atoms with van der Waals surface area (Å²) in [6.45, 7) is 0.00501. The molecule has 1 amide bonds. The first-order valence-electron chi connectivity index (χ1n) is 10.1. The summed E-state index contributed by atoms with van der Waals surface area (Å²) < 4.78 is 48.7. The molecular formula is C22H16F3N5O3S. The minimum Gasteiger partial charge on any atom is -0.408 e.